The van der Waals surface area contributed by atoms with Crippen molar-refractivity contribution in [2.24, 2.45) is 0 Å². The molecular weight excluding hydrogens is 616 g/mol. The molecule has 0 atom stereocenters. The van der Waals surface area contributed by atoms with Crippen molar-refractivity contribution in [1.29, 1.82) is 0 Å². The average Bonchev–Trinajstić information content (AvgIpc) is 3.69. The fourth-order valence-electron chi connectivity index (χ4n) is 6.13. The van der Waals surface area contributed by atoms with Crippen LogP contribution in [-0.2, 0) is 13.1 Å². The van der Waals surface area contributed by atoms with Crippen molar-refractivity contribution in [3.05, 3.63) is 215 Å². The maximum absolute atomic E-state index is 5.97. The second-order valence-corrected chi connectivity index (χ2v) is 12.5. The molecule has 8 aromatic rings. The first-order valence-electron chi connectivity index (χ1n) is 16.6. The zero-order chi connectivity index (χ0) is 33.3. The monoisotopic (exact) mass is 652 g/mol. The van der Waals surface area contributed by atoms with Gasteiger partial charge in [0.05, 0.1) is 0 Å². The van der Waals surface area contributed by atoms with Gasteiger partial charge in [-0.2, -0.15) is 0 Å². The van der Waals surface area contributed by atoms with Crippen LogP contribution in [0.1, 0.15) is 33.6 Å². The summed E-state index contributed by atoms with van der Waals surface area (Å²) in [7, 11) is 0. The molecule has 0 unspecified atom stereocenters. The largest absolute Gasteiger partial charge is 0.336 e. The molecule has 0 amide bonds. The molecule has 8 rings (SSSR count). The molecule has 0 bridgehead atoms. The van der Waals surface area contributed by atoms with E-state index in [1.54, 1.807) is 0 Å². The van der Waals surface area contributed by atoms with Gasteiger partial charge in [-0.05, 0) is 70.8 Å². The van der Waals surface area contributed by atoms with E-state index < -0.39 is 0 Å². The normalized spacial score (nSPS) is 11.4. The van der Waals surface area contributed by atoms with E-state index in [1.807, 2.05) is 30.3 Å². The van der Waals surface area contributed by atoms with Crippen molar-refractivity contribution in [3.8, 4) is 0 Å². The average molecular weight is 653 g/mol. The Kier molecular flexibility index (Phi) is 9.97. The highest BCUT2D eigenvalue weighted by atomic mass is 35.5. The standard InChI is InChI=1S/C23H18ClN.C23H19N/c24-21-13-10-18(11-14-21)12-15-22-16-20-8-4-5-9-23(20)25(22)17-19-6-2-1-3-7-19;1-3-9-19(10-4-1)15-16-22-17-21-13-7-8-14-23(21)24(22)18-20-11-5-2-6-12-20/h1-16H,17H2;1-17H,18H2/b15-12+;16-15-. The lowest BCUT2D eigenvalue weighted by Crippen LogP contribution is -2.01. The number of hydrogen-bond acceptors (Lipinski definition) is 0. The summed E-state index contributed by atoms with van der Waals surface area (Å²) in [5.41, 5.74) is 9.91. The topological polar surface area (TPSA) is 9.86 Å². The Morgan fingerprint density at radius 3 is 1.24 bits per heavy atom. The molecule has 0 N–H and O–H groups in total. The van der Waals surface area contributed by atoms with E-state index in [9.17, 15) is 0 Å². The van der Waals surface area contributed by atoms with Crippen molar-refractivity contribution >= 4 is 57.7 Å². The van der Waals surface area contributed by atoms with E-state index in [1.165, 1.54) is 49.9 Å². The third kappa shape index (κ3) is 8.01. The number of para-hydroxylation sites is 2. The van der Waals surface area contributed by atoms with Crippen molar-refractivity contribution in [3.63, 3.8) is 0 Å². The minimum absolute atomic E-state index is 0.760. The molecule has 0 fully saturated rings. The highest BCUT2D eigenvalue weighted by Crippen LogP contribution is 2.25. The summed E-state index contributed by atoms with van der Waals surface area (Å²) in [6, 6.07) is 61.1. The summed E-state index contributed by atoms with van der Waals surface area (Å²) in [6.45, 7) is 1.73. The van der Waals surface area contributed by atoms with Gasteiger partial charge in [0.2, 0.25) is 0 Å². The predicted molar refractivity (Wildman–Crippen MR) is 211 cm³/mol. The fraction of sp³-hybridized carbons (Fsp3) is 0.0435. The molecule has 2 heterocycles. The van der Waals surface area contributed by atoms with Crippen LogP contribution in [0.3, 0.4) is 0 Å². The predicted octanol–water partition coefficient (Wildman–Crippen LogP) is 12.4. The van der Waals surface area contributed by atoms with E-state index in [4.69, 9.17) is 11.6 Å². The molecule has 6 aromatic carbocycles. The van der Waals surface area contributed by atoms with Crippen LogP contribution < -0.4 is 0 Å². The Labute approximate surface area is 293 Å². The van der Waals surface area contributed by atoms with Crippen LogP contribution in [0.15, 0.2) is 176 Å². The summed E-state index contributed by atoms with van der Waals surface area (Å²) < 4.78 is 4.74. The van der Waals surface area contributed by atoms with Crippen LogP contribution >= 0.6 is 11.6 Å². The summed E-state index contributed by atoms with van der Waals surface area (Å²) in [5.74, 6) is 0. The van der Waals surface area contributed by atoms with Gasteiger partial charge >= 0.3 is 0 Å². The maximum Gasteiger partial charge on any atom is 0.0488 e. The zero-order valence-electron chi connectivity index (χ0n) is 27.2. The molecule has 0 aliphatic rings. The molecule has 238 valence electrons. The van der Waals surface area contributed by atoms with Crippen molar-refractivity contribution in [1.82, 2.24) is 9.13 Å². The van der Waals surface area contributed by atoms with Gasteiger partial charge in [0.25, 0.3) is 0 Å². The summed E-state index contributed by atoms with van der Waals surface area (Å²) in [6.07, 6.45) is 8.69. The minimum Gasteiger partial charge on any atom is -0.336 e. The second kappa shape index (κ2) is 15.4. The van der Waals surface area contributed by atoms with Crippen molar-refractivity contribution < 1.29 is 0 Å². The molecule has 0 aliphatic carbocycles. The quantitative estimate of drug-likeness (QED) is 0.155. The molecule has 3 heteroatoms. The van der Waals surface area contributed by atoms with Gasteiger partial charge in [0, 0.05) is 51.3 Å². The van der Waals surface area contributed by atoms with E-state index in [0.717, 1.165) is 23.7 Å². The van der Waals surface area contributed by atoms with Gasteiger partial charge in [-0.1, -0.05) is 163 Å². The summed E-state index contributed by atoms with van der Waals surface area (Å²) in [5, 5.41) is 3.30. The van der Waals surface area contributed by atoms with Crippen LogP contribution in [0.25, 0.3) is 46.1 Å². The highest BCUT2D eigenvalue weighted by molar-refractivity contribution is 6.30. The zero-order valence-corrected chi connectivity index (χ0v) is 28.0. The van der Waals surface area contributed by atoms with E-state index in [-0.39, 0.29) is 0 Å². The second-order valence-electron chi connectivity index (χ2n) is 12.0. The first-order valence-corrected chi connectivity index (χ1v) is 17.0. The Hall–Kier alpha value is -5.83. The van der Waals surface area contributed by atoms with Crippen LogP contribution in [-0.4, -0.2) is 9.13 Å². The number of halogens is 1. The minimum atomic E-state index is 0.760. The third-order valence-electron chi connectivity index (χ3n) is 8.61. The Morgan fingerprint density at radius 1 is 0.388 bits per heavy atom. The van der Waals surface area contributed by atoms with Crippen molar-refractivity contribution in [2.45, 2.75) is 13.1 Å². The van der Waals surface area contributed by atoms with Crippen LogP contribution in [0, 0.1) is 0 Å². The van der Waals surface area contributed by atoms with Gasteiger partial charge in [-0.15, -0.1) is 0 Å². The summed E-state index contributed by atoms with van der Waals surface area (Å²) in [4.78, 5) is 0. The molecule has 2 aromatic heterocycles. The van der Waals surface area contributed by atoms with E-state index in [2.05, 4.69) is 179 Å². The van der Waals surface area contributed by atoms with Gasteiger partial charge in [0.15, 0.2) is 0 Å². The van der Waals surface area contributed by atoms with Crippen LogP contribution in [0.5, 0.6) is 0 Å². The number of rotatable bonds is 8. The molecule has 0 spiro atoms. The lowest BCUT2D eigenvalue weighted by Gasteiger charge is -2.09. The fourth-order valence-corrected chi connectivity index (χ4v) is 6.25. The SMILES string of the molecule is C(=C/c1cc2ccccc2n1Cc1ccccc1)/c1ccccc1.Clc1ccc(/C=C/c2cc3ccccc3n2Cc2ccccc2)cc1. The van der Waals surface area contributed by atoms with Gasteiger partial charge in [0.1, 0.15) is 0 Å². The molecule has 0 aliphatic heterocycles. The lowest BCUT2D eigenvalue weighted by molar-refractivity contribution is 0.828. The Morgan fingerprint density at radius 2 is 0.776 bits per heavy atom. The molecular formula is C46H37ClN2. The molecule has 2 nitrogen and oxygen atoms in total. The van der Waals surface area contributed by atoms with Crippen LogP contribution in [0.4, 0.5) is 0 Å². The van der Waals surface area contributed by atoms with Gasteiger partial charge in [-0.25, -0.2) is 0 Å². The first-order chi connectivity index (χ1) is 24.2. The molecule has 49 heavy (non-hydrogen) atoms. The number of aromatic nitrogens is 2. The number of fused-ring (bicyclic) bond motifs is 2. The van der Waals surface area contributed by atoms with Gasteiger partial charge < -0.3 is 9.13 Å². The van der Waals surface area contributed by atoms with E-state index in [0.29, 0.717) is 0 Å². The lowest BCUT2D eigenvalue weighted by atomic mass is 10.2. The molecule has 0 saturated heterocycles. The van der Waals surface area contributed by atoms with Crippen LogP contribution in [0.2, 0.25) is 5.02 Å². The number of benzene rings is 6. The number of nitrogens with zero attached hydrogens (tertiary/aromatic N) is 2. The highest BCUT2D eigenvalue weighted by Gasteiger charge is 2.08. The first kappa shape index (κ1) is 31.8. The van der Waals surface area contributed by atoms with E-state index >= 15 is 0 Å². The summed E-state index contributed by atoms with van der Waals surface area (Å²) >= 11 is 5.97. The molecule has 0 saturated carbocycles. The number of hydrogen-bond donors (Lipinski definition) is 0. The Bertz CT molecular complexity index is 2310. The maximum atomic E-state index is 5.97. The van der Waals surface area contributed by atoms with Gasteiger partial charge in [-0.3, -0.25) is 0 Å². The third-order valence-corrected chi connectivity index (χ3v) is 8.87. The smallest absolute Gasteiger partial charge is 0.0488 e. The Balaban J connectivity index is 0.000000154. The molecule has 0 radical (unpaired) electrons. The van der Waals surface area contributed by atoms with Crippen molar-refractivity contribution in [2.75, 3.05) is 0 Å².